The quantitative estimate of drug-likeness (QED) is 0.385. The molecule has 0 saturated heterocycles. The highest BCUT2D eigenvalue weighted by atomic mass is 16.4. The summed E-state index contributed by atoms with van der Waals surface area (Å²) >= 11 is 0. The Morgan fingerprint density at radius 2 is 2.00 bits per heavy atom. The van der Waals surface area contributed by atoms with E-state index in [-0.39, 0.29) is 6.42 Å². The lowest BCUT2D eigenvalue weighted by Gasteiger charge is -1.71. The van der Waals surface area contributed by atoms with Gasteiger partial charge in [-0.2, -0.15) is 0 Å². The lowest BCUT2D eigenvalue weighted by molar-refractivity contribution is -0.136. The molecule has 0 aliphatic heterocycles. The second kappa shape index (κ2) is 9.28. The van der Waals surface area contributed by atoms with Gasteiger partial charge < -0.3 is 5.11 Å². The van der Waals surface area contributed by atoms with Gasteiger partial charge in [0.1, 0.15) is 0 Å². The third-order valence-corrected chi connectivity index (χ3v) is 0.302. The minimum absolute atomic E-state index is 0.222. The highest BCUT2D eigenvalue weighted by Gasteiger charge is 1.80. The zero-order chi connectivity index (χ0) is 6.99. The number of carboxylic acid groups (broad SMARTS) is 1. The first-order valence-electron chi connectivity index (χ1n) is 1.94. The summed E-state index contributed by atoms with van der Waals surface area (Å²) in [5.74, 6) is -0.745. The van der Waals surface area contributed by atoms with Crippen LogP contribution in [-0.2, 0) is 9.59 Å². The molecule has 0 bridgehead atoms. The Labute approximate surface area is 46.6 Å². The largest absolute Gasteiger partial charge is 0.481 e. The van der Waals surface area contributed by atoms with Crippen LogP contribution in [0.3, 0.4) is 0 Å². The van der Waals surface area contributed by atoms with Gasteiger partial charge in [0.05, 0.1) is 0 Å². The van der Waals surface area contributed by atoms with Crippen LogP contribution < -0.4 is 0 Å². The Kier molecular flexibility index (Phi) is 11.6. The van der Waals surface area contributed by atoms with E-state index >= 15 is 0 Å². The Bertz CT molecular complexity index is 93.5. The molecule has 8 heavy (non-hydrogen) atoms. The van der Waals surface area contributed by atoms with Crippen LogP contribution in [0.25, 0.3) is 0 Å². The fourth-order valence-electron chi connectivity index (χ4n) is 0. The van der Waals surface area contributed by atoms with Gasteiger partial charge in [-0.3, -0.25) is 4.79 Å². The molecule has 0 aromatic carbocycles. The van der Waals surface area contributed by atoms with Crippen LogP contribution in [0.15, 0.2) is 0 Å². The van der Waals surface area contributed by atoms with Crippen LogP contribution in [0.1, 0.15) is 13.3 Å². The molecule has 0 aliphatic carbocycles. The van der Waals surface area contributed by atoms with Gasteiger partial charge in [0.25, 0.3) is 0 Å². The first kappa shape index (κ1) is 9.97. The van der Waals surface area contributed by atoms with Crippen molar-refractivity contribution in [2.75, 3.05) is 0 Å². The molecule has 0 aromatic rings. The summed E-state index contributed by atoms with van der Waals surface area (Å²) in [5.41, 5.74) is 0. The van der Waals surface area contributed by atoms with Gasteiger partial charge in [0.15, 0.2) is 0 Å². The number of carbonyl (C=O) groups excluding carboxylic acids is 1. The van der Waals surface area contributed by atoms with Gasteiger partial charge in [-0.1, -0.05) is 6.92 Å². The molecule has 0 aromatic heterocycles. The molecular weight excluding hydrogens is 110 g/mol. The summed E-state index contributed by atoms with van der Waals surface area (Å²) in [6.07, 6.45) is 0.972. The van der Waals surface area contributed by atoms with Gasteiger partial charge in [-0.15, -0.1) is 0 Å². The Morgan fingerprint density at radius 1 is 1.88 bits per heavy atom. The van der Waals surface area contributed by atoms with Crippen LogP contribution in [0, 0.1) is 5.41 Å². The number of nitrogens with one attached hydrogen (secondary N) is 1. The van der Waals surface area contributed by atoms with Crippen LogP contribution in [-0.4, -0.2) is 17.2 Å². The minimum Gasteiger partial charge on any atom is -0.481 e. The first-order valence-corrected chi connectivity index (χ1v) is 1.94. The number of hydrogen-bond acceptors (Lipinski definition) is 3. The standard InChI is InChI=1S/C3H6O2.CHNO/c1-2-3(4)5;2-1-3/h2H2,1H3,(H,4,5);2H. The average Bonchev–Trinajstić information content (AvgIpc) is 1.69. The molecule has 0 spiro atoms. The smallest absolute Gasteiger partial charge is 0.303 e. The van der Waals surface area contributed by atoms with Gasteiger partial charge in [0, 0.05) is 6.42 Å². The summed E-state index contributed by atoms with van der Waals surface area (Å²) in [6.45, 7) is 1.60. The molecule has 4 heteroatoms. The summed E-state index contributed by atoms with van der Waals surface area (Å²) < 4.78 is 0. The lowest BCUT2D eigenvalue weighted by atomic mass is 10.5. The fourth-order valence-corrected chi connectivity index (χ4v) is 0. The van der Waals surface area contributed by atoms with Gasteiger partial charge in [-0.05, 0) is 0 Å². The third kappa shape index (κ3) is 99.5. The molecule has 0 aliphatic rings. The summed E-state index contributed by atoms with van der Waals surface area (Å²) in [6, 6.07) is 0. The molecule has 0 fully saturated rings. The van der Waals surface area contributed by atoms with Crippen molar-refractivity contribution in [3.8, 4) is 0 Å². The van der Waals surface area contributed by atoms with E-state index in [9.17, 15) is 4.79 Å². The average molecular weight is 117 g/mol. The number of carbonyl (C=O) groups is 1. The SMILES string of the molecule is CCC(=O)O.N=C=O. The van der Waals surface area contributed by atoms with Crippen molar-refractivity contribution in [3.05, 3.63) is 0 Å². The second-order valence-corrected chi connectivity index (χ2v) is 0.849. The van der Waals surface area contributed by atoms with Crippen molar-refractivity contribution < 1.29 is 14.7 Å². The van der Waals surface area contributed by atoms with E-state index in [1.165, 1.54) is 0 Å². The molecule has 46 valence electrons. The maximum atomic E-state index is 9.37. The van der Waals surface area contributed by atoms with E-state index in [2.05, 4.69) is 0 Å². The van der Waals surface area contributed by atoms with E-state index in [4.69, 9.17) is 15.3 Å². The van der Waals surface area contributed by atoms with Gasteiger partial charge in [-0.25, -0.2) is 10.2 Å². The molecule has 0 rings (SSSR count). The van der Waals surface area contributed by atoms with Crippen LogP contribution >= 0.6 is 0 Å². The summed E-state index contributed by atoms with van der Waals surface area (Å²) in [7, 11) is 0. The molecule has 0 heterocycles. The van der Waals surface area contributed by atoms with Crippen molar-refractivity contribution >= 4 is 12.0 Å². The van der Waals surface area contributed by atoms with Crippen molar-refractivity contribution in [2.24, 2.45) is 0 Å². The number of isocyanates is 1. The predicted octanol–water partition coefficient (Wildman–Crippen LogP) is 0.382. The van der Waals surface area contributed by atoms with Gasteiger partial charge in [0.2, 0.25) is 6.08 Å². The van der Waals surface area contributed by atoms with E-state index in [1.807, 2.05) is 0 Å². The predicted molar refractivity (Wildman–Crippen MR) is 26.3 cm³/mol. The molecular formula is C4H7NO3. The minimum atomic E-state index is -0.745. The van der Waals surface area contributed by atoms with Crippen molar-refractivity contribution in [1.29, 1.82) is 5.41 Å². The molecule has 0 amide bonds. The zero-order valence-electron chi connectivity index (χ0n) is 4.47. The fraction of sp³-hybridized carbons (Fsp3) is 0.500. The van der Waals surface area contributed by atoms with Crippen LogP contribution in [0.4, 0.5) is 0 Å². The van der Waals surface area contributed by atoms with Crippen molar-refractivity contribution in [1.82, 2.24) is 0 Å². The summed E-state index contributed by atoms with van der Waals surface area (Å²) in [5, 5.41) is 13.1. The highest BCUT2D eigenvalue weighted by Crippen LogP contribution is 1.67. The first-order chi connectivity index (χ1) is 3.68. The maximum absolute atomic E-state index is 9.37. The molecule has 4 nitrogen and oxygen atoms in total. The monoisotopic (exact) mass is 117 g/mol. The van der Waals surface area contributed by atoms with Crippen molar-refractivity contribution in [3.63, 3.8) is 0 Å². The molecule has 0 saturated carbocycles. The number of aliphatic carboxylic acids is 1. The summed E-state index contributed by atoms with van der Waals surface area (Å²) in [4.78, 5) is 17.7. The maximum Gasteiger partial charge on any atom is 0.303 e. The van der Waals surface area contributed by atoms with E-state index in [1.54, 1.807) is 6.92 Å². The number of hydrogen-bond donors (Lipinski definition) is 2. The normalized spacial score (nSPS) is 5.62. The highest BCUT2D eigenvalue weighted by molar-refractivity contribution is 5.66. The van der Waals surface area contributed by atoms with E-state index < -0.39 is 5.97 Å². The number of carboxylic acids is 1. The Hall–Kier alpha value is -1.15. The lowest BCUT2D eigenvalue weighted by Crippen LogP contribution is -1.86. The molecule has 0 atom stereocenters. The number of rotatable bonds is 1. The molecule has 2 N–H and O–H groups in total. The topological polar surface area (TPSA) is 78.2 Å². The van der Waals surface area contributed by atoms with Gasteiger partial charge >= 0.3 is 5.97 Å². The van der Waals surface area contributed by atoms with Crippen LogP contribution in [0.5, 0.6) is 0 Å². The third-order valence-electron chi connectivity index (χ3n) is 0.302. The Morgan fingerprint density at radius 3 is 2.00 bits per heavy atom. The Balaban J connectivity index is 0. The zero-order valence-corrected chi connectivity index (χ0v) is 4.47. The van der Waals surface area contributed by atoms with Crippen LogP contribution in [0.2, 0.25) is 0 Å². The second-order valence-electron chi connectivity index (χ2n) is 0.849. The van der Waals surface area contributed by atoms with E-state index in [0.29, 0.717) is 0 Å². The van der Waals surface area contributed by atoms with Crippen molar-refractivity contribution in [2.45, 2.75) is 13.3 Å². The molecule has 0 unspecified atom stereocenters. The van der Waals surface area contributed by atoms with E-state index in [0.717, 1.165) is 6.08 Å². The molecule has 0 radical (unpaired) electrons.